The molecule has 7 heteroatoms. The fourth-order valence-electron chi connectivity index (χ4n) is 4.76. The lowest BCUT2D eigenvalue weighted by molar-refractivity contribution is -0.175. The Hall–Kier alpha value is -2.96. The molecule has 0 radical (unpaired) electrons. The van der Waals surface area contributed by atoms with Crippen LogP contribution in [-0.4, -0.2) is 41.5 Å². The minimum atomic E-state index is -1.68. The molecule has 0 aromatic carbocycles. The van der Waals surface area contributed by atoms with Gasteiger partial charge < -0.3 is 14.2 Å². The SMILES string of the molecule is C/C=C(\C)C(=O)OC1CC(C)=C2C(=O)C=C(C)C2C2OC(=O)C(C)(OC(=O)/C(C)=C/C)C12. The zero-order valence-corrected chi connectivity index (χ0v) is 19.6. The van der Waals surface area contributed by atoms with Crippen LogP contribution in [-0.2, 0) is 33.4 Å². The van der Waals surface area contributed by atoms with Crippen molar-refractivity contribution < 1.29 is 33.4 Å². The normalized spacial score (nSPS) is 32.7. The molecule has 0 spiro atoms. The zero-order valence-electron chi connectivity index (χ0n) is 19.6. The number of hydrogen-bond acceptors (Lipinski definition) is 7. The lowest BCUT2D eigenvalue weighted by Gasteiger charge is -2.34. The predicted molar refractivity (Wildman–Crippen MR) is 116 cm³/mol. The van der Waals surface area contributed by atoms with Crippen LogP contribution in [0.25, 0.3) is 0 Å². The average Bonchev–Trinajstić information content (AvgIpc) is 3.12. The molecule has 1 fully saturated rings. The smallest absolute Gasteiger partial charge is 0.351 e. The van der Waals surface area contributed by atoms with Crippen molar-refractivity contribution in [1.82, 2.24) is 0 Å². The third kappa shape index (κ3) is 3.74. The Morgan fingerprint density at radius 1 is 1.09 bits per heavy atom. The molecule has 0 bridgehead atoms. The van der Waals surface area contributed by atoms with Gasteiger partial charge in [0.25, 0.3) is 0 Å². The Morgan fingerprint density at radius 3 is 2.28 bits per heavy atom. The highest BCUT2D eigenvalue weighted by Crippen LogP contribution is 2.51. The van der Waals surface area contributed by atoms with E-state index in [4.69, 9.17) is 14.2 Å². The molecular weight excluding hydrogens is 412 g/mol. The van der Waals surface area contributed by atoms with Crippen LogP contribution in [0.15, 0.2) is 46.1 Å². The zero-order chi connectivity index (χ0) is 24.0. The minimum absolute atomic E-state index is 0.133. The predicted octanol–water partition coefficient (Wildman–Crippen LogP) is 3.54. The van der Waals surface area contributed by atoms with E-state index in [0.29, 0.717) is 16.7 Å². The number of carbonyl (C=O) groups is 4. The molecule has 1 saturated heterocycles. The van der Waals surface area contributed by atoms with Gasteiger partial charge in [-0.25, -0.2) is 14.4 Å². The fraction of sp³-hybridized carbons (Fsp3) is 0.520. The molecule has 32 heavy (non-hydrogen) atoms. The van der Waals surface area contributed by atoms with Crippen LogP contribution in [0.1, 0.15) is 54.9 Å². The van der Waals surface area contributed by atoms with Crippen LogP contribution in [0.2, 0.25) is 0 Å². The van der Waals surface area contributed by atoms with Crippen molar-refractivity contribution in [2.75, 3.05) is 0 Å². The molecular formula is C25H30O7. The summed E-state index contributed by atoms with van der Waals surface area (Å²) in [7, 11) is 0. The summed E-state index contributed by atoms with van der Waals surface area (Å²) >= 11 is 0. The molecule has 3 aliphatic rings. The molecule has 0 aromatic heterocycles. The van der Waals surface area contributed by atoms with Gasteiger partial charge in [0.15, 0.2) is 5.78 Å². The van der Waals surface area contributed by atoms with E-state index in [1.54, 1.807) is 45.9 Å². The number of ketones is 1. The van der Waals surface area contributed by atoms with Gasteiger partial charge in [0.05, 0.1) is 5.92 Å². The summed E-state index contributed by atoms with van der Waals surface area (Å²) < 4.78 is 17.4. The van der Waals surface area contributed by atoms with E-state index in [2.05, 4.69) is 0 Å². The number of ether oxygens (including phenoxy) is 3. The van der Waals surface area contributed by atoms with E-state index in [9.17, 15) is 19.2 Å². The van der Waals surface area contributed by atoms with Gasteiger partial charge in [-0.15, -0.1) is 0 Å². The van der Waals surface area contributed by atoms with Gasteiger partial charge in [-0.2, -0.15) is 0 Å². The van der Waals surface area contributed by atoms with Crippen LogP contribution in [0.3, 0.4) is 0 Å². The van der Waals surface area contributed by atoms with Crippen molar-refractivity contribution in [3.8, 4) is 0 Å². The first-order valence-electron chi connectivity index (χ1n) is 10.8. The molecule has 0 amide bonds. The largest absolute Gasteiger partial charge is 0.458 e. The Morgan fingerprint density at radius 2 is 1.69 bits per heavy atom. The number of esters is 3. The Balaban J connectivity index is 2.12. The van der Waals surface area contributed by atoms with E-state index < -0.39 is 47.6 Å². The first kappa shape index (κ1) is 23.7. The fourth-order valence-corrected chi connectivity index (χ4v) is 4.76. The first-order chi connectivity index (χ1) is 15.0. The second kappa shape index (κ2) is 8.52. The summed E-state index contributed by atoms with van der Waals surface area (Å²) in [5, 5.41) is 0. The maximum atomic E-state index is 13.1. The summed E-state index contributed by atoms with van der Waals surface area (Å²) in [5.41, 5.74) is 1.18. The van der Waals surface area contributed by atoms with Gasteiger partial charge in [-0.1, -0.05) is 23.3 Å². The number of rotatable bonds is 4. The Bertz CT molecular complexity index is 1010. The van der Waals surface area contributed by atoms with Gasteiger partial charge in [-0.05, 0) is 54.5 Å². The van der Waals surface area contributed by atoms with Gasteiger partial charge in [0.1, 0.15) is 12.2 Å². The average molecular weight is 443 g/mol. The number of allylic oxidation sites excluding steroid dienone is 3. The van der Waals surface area contributed by atoms with Gasteiger partial charge in [-0.3, -0.25) is 4.79 Å². The van der Waals surface area contributed by atoms with E-state index in [0.717, 1.165) is 11.1 Å². The standard InChI is InChI=1S/C25H30O7/c1-8-12(3)22(27)30-17-11-15(6)18-16(26)10-14(5)19(18)21-20(17)25(7,24(29)31-21)32-23(28)13(4)9-2/h8-10,17,19-21H,11H2,1-7H3/b12-8+,13-9+. The summed E-state index contributed by atoms with van der Waals surface area (Å²) in [6, 6.07) is 0. The van der Waals surface area contributed by atoms with E-state index in [-0.39, 0.29) is 12.2 Å². The summed E-state index contributed by atoms with van der Waals surface area (Å²) in [5.74, 6) is -3.27. The molecule has 0 aromatic rings. The summed E-state index contributed by atoms with van der Waals surface area (Å²) in [4.78, 5) is 51.1. The summed E-state index contributed by atoms with van der Waals surface area (Å²) in [6.07, 6.45) is 3.39. The van der Waals surface area contributed by atoms with E-state index >= 15 is 0 Å². The molecule has 5 atom stereocenters. The van der Waals surface area contributed by atoms with Crippen molar-refractivity contribution in [3.63, 3.8) is 0 Å². The highest BCUT2D eigenvalue weighted by molar-refractivity contribution is 6.09. The van der Waals surface area contributed by atoms with Gasteiger partial charge >= 0.3 is 17.9 Å². The molecule has 3 rings (SSSR count). The highest BCUT2D eigenvalue weighted by atomic mass is 16.6. The molecule has 0 N–H and O–H groups in total. The van der Waals surface area contributed by atoms with Crippen LogP contribution < -0.4 is 0 Å². The minimum Gasteiger partial charge on any atom is -0.458 e. The quantitative estimate of drug-likeness (QED) is 0.373. The number of fused-ring (bicyclic) bond motifs is 3. The summed E-state index contributed by atoms with van der Waals surface area (Å²) in [6.45, 7) is 11.8. The third-order valence-electron chi connectivity index (χ3n) is 6.83. The second-order valence-electron chi connectivity index (χ2n) is 8.91. The molecule has 5 unspecified atom stereocenters. The van der Waals surface area contributed by atoms with Crippen molar-refractivity contribution in [2.45, 2.75) is 72.7 Å². The lowest BCUT2D eigenvalue weighted by atomic mass is 9.77. The maximum absolute atomic E-state index is 13.1. The molecule has 172 valence electrons. The van der Waals surface area contributed by atoms with Crippen LogP contribution in [0, 0.1) is 11.8 Å². The second-order valence-corrected chi connectivity index (χ2v) is 8.91. The number of carbonyl (C=O) groups excluding carboxylic acids is 4. The van der Waals surface area contributed by atoms with Crippen molar-refractivity contribution in [2.24, 2.45) is 11.8 Å². The van der Waals surface area contributed by atoms with Crippen LogP contribution in [0.5, 0.6) is 0 Å². The van der Waals surface area contributed by atoms with Gasteiger partial charge in [0.2, 0.25) is 5.60 Å². The first-order valence-corrected chi connectivity index (χ1v) is 10.8. The van der Waals surface area contributed by atoms with Crippen LogP contribution in [0.4, 0.5) is 0 Å². The Kier molecular flexibility index (Phi) is 6.31. The van der Waals surface area contributed by atoms with Crippen molar-refractivity contribution in [3.05, 3.63) is 46.1 Å². The molecule has 0 saturated carbocycles. The topological polar surface area (TPSA) is 96.0 Å². The molecule has 2 aliphatic carbocycles. The van der Waals surface area contributed by atoms with E-state index in [1.807, 2.05) is 13.8 Å². The molecule has 1 aliphatic heterocycles. The van der Waals surface area contributed by atoms with Crippen molar-refractivity contribution in [1.29, 1.82) is 0 Å². The third-order valence-corrected chi connectivity index (χ3v) is 6.83. The van der Waals surface area contributed by atoms with Crippen molar-refractivity contribution >= 4 is 23.7 Å². The Labute approximate surface area is 188 Å². The molecule has 1 heterocycles. The maximum Gasteiger partial charge on any atom is 0.351 e. The van der Waals surface area contributed by atoms with E-state index in [1.165, 1.54) is 6.92 Å². The highest BCUT2D eigenvalue weighted by Gasteiger charge is 2.65. The van der Waals surface area contributed by atoms with Crippen LogP contribution >= 0.6 is 0 Å². The van der Waals surface area contributed by atoms with Gasteiger partial charge in [0, 0.05) is 29.1 Å². The monoisotopic (exact) mass is 442 g/mol. The number of hydrogen-bond donors (Lipinski definition) is 0. The lowest BCUT2D eigenvalue weighted by Crippen LogP contribution is -2.50. The molecule has 7 nitrogen and oxygen atoms in total.